The molecule has 2 amide bonds. The van der Waals surface area contributed by atoms with Crippen LogP contribution in [0, 0.1) is 5.92 Å². The fourth-order valence-electron chi connectivity index (χ4n) is 4.19. The Morgan fingerprint density at radius 2 is 2.35 bits per heavy atom. The normalized spacial score (nSPS) is 35.7. The molecule has 4 atom stereocenters. The van der Waals surface area contributed by atoms with Crippen molar-refractivity contribution in [3.8, 4) is 0 Å². The summed E-state index contributed by atoms with van der Waals surface area (Å²) in [6, 6.07) is -0.322. The fraction of sp³-hybridized carbons (Fsp3) is 0.647. The molecule has 0 spiro atoms. The van der Waals surface area contributed by atoms with Gasteiger partial charge in [0.15, 0.2) is 0 Å². The van der Waals surface area contributed by atoms with E-state index in [1.807, 2.05) is 20.8 Å². The largest absolute Gasteiger partial charge is 0.445 e. The molecule has 3 aliphatic rings. The van der Waals surface area contributed by atoms with Crippen molar-refractivity contribution in [2.75, 3.05) is 26.2 Å². The van der Waals surface area contributed by atoms with Crippen molar-refractivity contribution in [2.45, 2.75) is 38.5 Å². The molecule has 0 aromatic carbocycles. The highest BCUT2D eigenvalue weighted by Gasteiger charge is 2.62. The van der Waals surface area contributed by atoms with Crippen LogP contribution in [-0.2, 0) is 14.3 Å². The van der Waals surface area contributed by atoms with E-state index in [1.165, 1.54) is 6.08 Å². The highest BCUT2D eigenvalue weighted by atomic mass is 16.6. The van der Waals surface area contributed by atoms with E-state index >= 15 is 0 Å². The molecule has 2 saturated heterocycles. The lowest BCUT2D eigenvalue weighted by Crippen LogP contribution is -2.57. The van der Waals surface area contributed by atoms with E-state index in [2.05, 4.69) is 12.7 Å². The molecule has 0 N–H and O–H groups in total. The first-order valence-electron chi connectivity index (χ1n) is 8.10. The zero-order valence-electron chi connectivity index (χ0n) is 13.9. The average Bonchev–Trinajstić information content (AvgIpc) is 2.95. The predicted octanol–water partition coefficient (Wildman–Crippen LogP) is 1.58. The Morgan fingerprint density at radius 3 is 3.00 bits per heavy atom. The fourth-order valence-corrected chi connectivity index (χ4v) is 4.19. The first-order chi connectivity index (χ1) is 10.9. The number of carbonyl (C=O) groups is 2. The summed E-state index contributed by atoms with van der Waals surface area (Å²) >= 11 is 0. The van der Waals surface area contributed by atoms with Crippen LogP contribution < -0.4 is 0 Å². The lowest BCUT2D eigenvalue weighted by molar-refractivity contribution is -0.132. The number of likely N-dealkylation sites (tertiary alicyclic amines) is 1. The summed E-state index contributed by atoms with van der Waals surface area (Å²) < 4.78 is 11.5. The van der Waals surface area contributed by atoms with E-state index in [-0.39, 0.29) is 30.6 Å². The van der Waals surface area contributed by atoms with Gasteiger partial charge in [-0.25, -0.2) is 4.79 Å². The highest BCUT2D eigenvalue weighted by Crippen LogP contribution is 2.46. The Labute approximate surface area is 136 Å². The van der Waals surface area contributed by atoms with Gasteiger partial charge in [-0.15, -0.1) is 0 Å². The number of amides is 2. The summed E-state index contributed by atoms with van der Waals surface area (Å²) in [5.41, 5.74) is 0.402. The van der Waals surface area contributed by atoms with Crippen molar-refractivity contribution in [1.82, 2.24) is 9.80 Å². The second kappa shape index (κ2) is 5.67. The smallest absolute Gasteiger partial charge is 0.410 e. The monoisotopic (exact) mass is 320 g/mol. The quantitative estimate of drug-likeness (QED) is 0.741. The Balaban J connectivity index is 1.93. The Bertz CT molecular complexity index is 573. The molecule has 6 heteroatoms. The van der Waals surface area contributed by atoms with Crippen LogP contribution in [-0.4, -0.2) is 65.8 Å². The maximum Gasteiger partial charge on any atom is 0.410 e. The second-order valence-corrected chi connectivity index (χ2v) is 6.67. The minimum absolute atomic E-state index is 0.0701. The van der Waals surface area contributed by atoms with Crippen LogP contribution in [0.1, 0.15) is 20.8 Å². The van der Waals surface area contributed by atoms with Gasteiger partial charge < -0.3 is 14.4 Å². The van der Waals surface area contributed by atoms with E-state index in [9.17, 15) is 9.59 Å². The van der Waals surface area contributed by atoms with E-state index in [4.69, 9.17) is 9.47 Å². The third-order valence-electron chi connectivity index (χ3n) is 4.96. The van der Waals surface area contributed by atoms with Gasteiger partial charge in [0.2, 0.25) is 5.91 Å². The highest BCUT2D eigenvalue weighted by molar-refractivity contribution is 5.84. The zero-order valence-corrected chi connectivity index (χ0v) is 13.9. The van der Waals surface area contributed by atoms with Crippen LogP contribution in [0.15, 0.2) is 24.3 Å². The Hall–Kier alpha value is -1.82. The number of rotatable bonds is 3. The van der Waals surface area contributed by atoms with E-state index < -0.39 is 11.7 Å². The molecule has 23 heavy (non-hydrogen) atoms. The number of fused-ring (bicyclic) bond motifs is 3. The van der Waals surface area contributed by atoms with Crippen LogP contribution in [0.5, 0.6) is 0 Å². The van der Waals surface area contributed by atoms with Gasteiger partial charge in [-0.1, -0.05) is 24.3 Å². The summed E-state index contributed by atoms with van der Waals surface area (Å²) in [6.45, 7) is 11.3. The van der Waals surface area contributed by atoms with Crippen molar-refractivity contribution in [1.29, 1.82) is 0 Å². The summed E-state index contributed by atoms with van der Waals surface area (Å²) in [6.07, 6.45) is 3.00. The van der Waals surface area contributed by atoms with Gasteiger partial charge in [0.1, 0.15) is 12.2 Å². The number of ether oxygens (including phenoxy) is 2. The predicted molar refractivity (Wildman–Crippen MR) is 84.8 cm³/mol. The lowest BCUT2D eigenvalue weighted by Gasteiger charge is -2.42. The van der Waals surface area contributed by atoms with Gasteiger partial charge >= 0.3 is 6.09 Å². The molecule has 2 fully saturated rings. The van der Waals surface area contributed by atoms with Gasteiger partial charge in [-0.05, 0) is 20.8 Å². The van der Waals surface area contributed by atoms with Crippen molar-refractivity contribution in [2.24, 2.45) is 5.92 Å². The zero-order chi connectivity index (χ0) is 16.8. The van der Waals surface area contributed by atoms with Gasteiger partial charge in [0.25, 0.3) is 0 Å². The SMILES string of the molecule is C=CCOC(=O)N1CC(C)=CC2(C)OC3CN(CC)C(=O)C3C12. The summed E-state index contributed by atoms with van der Waals surface area (Å²) in [4.78, 5) is 28.6. The number of likely N-dealkylation sites (N-methyl/N-ethyl adjacent to an activating group) is 1. The number of nitrogens with zero attached hydrogens (tertiary/aromatic N) is 2. The first kappa shape index (κ1) is 16.1. The summed E-state index contributed by atoms with van der Waals surface area (Å²) in [7, 11) is 0. The minimum Gasteiger partial charge on any atom is -0.445 e. The van der Waals surface area contributed by atoms with Crippen LogP contribution >= 0.6 is 0 Å². The third kappa shape index (κ3) is 2.45. The Morgan fingerprint density at radius 1 is 1.61 bits per heavy atom. The Kier molecular flexibility index (Phi) is 3.96. The molecule has 0 saturated carbocycles. The van der Waals surface area contributed by atoms with Crippen LogP contribution in [0.3, 0.4) is 0 Å². The standard InChI is InChI=1S/C17H24N2O4/c1-5-7-22-16(21)19-9-11(3)8-17(4)14(19)13-12(23-17)10-18(6-2)15(13)20/h5,8,12-14H,1,6-7,9-10H2,2-4H3. The summed E-state index contributed by atoms with van der Waals surface area (Å²) in [5, 5.41) is 0. The van der Waals surface area contributed by atoms with Crippen molar-refractivity contribution >= 4 is 12.0 Å². The molecule has 3 rings (SSSR count). The van der Waals surface area contributed by atoms with Gasteiger partial charge in [-0.2, -0.15) is 0 Å². The van der Waals surface area contributed by atoms with Crippen molar-refractivity contribution < 1.29 is 19.1 Å². The molecule has 0 bridgehead atoms. The van der Waals surface area contributed by atoms with Crippen LogP contribution in [0.4, 0.5) is 4.79 Å². The number of hydrogen-bond acceptors (Lipinski definition) is 4. The first-order valence-corrected chi connectivity index (χ1v) is 8.10. The van der Waals surface area contributed by atoms with Gasteiger partial charge in [0, 0.05) is 19.6 Å². The minimum atomic E-state index is -0.639. The second-order valence-electron chi connectivity index (χ2n) is 6.67. The molecule has 0 aliphatic carbocycles. The molecule has 6 nitrogen and oxygen atoms in total. The van der Waals surface area contributed by atoms with Crippen molar-refractivity contribution in [3.63, 3.8) is 0 Å². The third-order valence-corrected chi connectivity index (χ3v) is 4.96. The molecular weight excluding hydrogens is 296 g/mol. The van der Waals surface area contributed by atoms with E-state index in [0.29, 0.717) is 19.6 Å². The molecule has 0 aromatic rings. The molecule has 126 valence electrons. The van der Waals surface area contributed by atoms with E-state index in [0.717, 1.165) is 5.57 Å². The van der Waals surface area contributed by atoms with Crippen LogP contribution in [0.2, 0.25) is 0 Å². The molecular formula is C17H24N2O4. The maximum atomic E-state index is 12.7. The molecule has 0 radical (unpaired) electrons. The topological polar surface area (TPSA) is 59.1 Å². The summed E-state index contributed by atoms with van der Waals surface area (Å²) in [5.74, 6) is -0.249. The molecule has 3 aliphatic heterocycles. The van der Waals surface area contributed by atoms with Crippen molar-refractivity contribution in [3.05, 3.63) is 24.3 Å². The van der Waals surface area contributed by atoms with Gasteiger partial charge in [0.05, 0.1) is 18.1 Å². The average molecular weight is 320 g/mol. The van der Waals surface area contributed by atoms with Crippen LogP contribution in [0.25, 0.3) is 0 Å². The number of hydrogen-bond donors (Lipinski definition) is 0. The van der Waals surface area contributed by atoms with E-state index in [1.54, 1.807) is 9.80 Å². The molecule has 0 aromatic heterocycles. The lowest BCUT2D eigenvalue weighted by atomic mass is 9.82. The van der Waals surface area contributed by atoms with Gasteiger partial charge in [-0.3, -0.25) is 9.69 Å². The molecule has 4 unspecified atom stereocenters. The molecule has 3 heterocycles. The maximum absolute atomic E-state index is 12.7. The number of carbonyl (C=O) groups excluding carboxylic acids is 2.